The van der Waals surface area contributed by atoms with Crippen LogP contribution in [-0.4, -0.2) is 28.6 Å². The van der Waals surface area contributed by atoms with E-state index < -0.39 is 10.0 Å². The van der Waals surface area contributed by atoms with Crippen LogP contribution < -0.4 is 4.72 Å². The number of nitrogens with one attached hydrogen (secondary N) is 1. The van der Waals surface area contributed by atoms with Crippen molar-refractivity contribution in [1.29, 1.82) is 5.26 Å². The standard InChI is InChI=1S/C9H7ClN6O2S/c1-16-13-9(12-15-16)14-19(17,18)8-4-6(5-11)2-3-7(8)10/h2-4H,1H3,(H,13,14). The van der Waals surface area contributed by atoms with Gasteiger partial charge in [-0.1, -0.05) is 16.7 Å². The van der Waals surface area contributed by atoms with Gasteiger partial charge in [0.15, 0.2) is 0 Å². The molecule has 0 saturated heterocycles. The number of rotatable bonds is 3. The molecule has 0 unspecified atom stereocenters. The van der Waals surface area contributed by atoms with Crippen molar-refractivity contribution in [2.24, 2.45) is 7.05 Å². The van der Waals surface area contributed by atoms with Gasteiger partial charge in [0.1, 0.15) is 4.90 Å². The van der Waals surface area contributed by atoms with Gasteiger partial charge >= 0.3 is 0 Å². The van der Waals surface area contributed by atoms with Gasteiger partial charge in [-0.05, 0) is 23.4 Å². The molecule has 98 valence electrons. The second-order valence-corrected chi connectivity index (χ2v) is 5.52. The molecule has 0 saturated carbocycles. The van der Waals surface area contributed by atoms with Crippen molar-refractivity contribution in [2.45, 2.75) is 4.90 Å². The minimum Gasteiger partial charge on any atom is -0.244 e. The Morgan fingerprint density at radius 2 is 2.21 bits per heavy atom. The van der Waals surface area contributed by atoms with Crippen LogP contribution in [0.4, 0.5) is 5.95 Å². The molecule has 2 aromatic rings. The van der Waals surface area contributed by atoms with E-state index in [1.165, 1.54) is 25.2 Å². The maximum Gasteiger partial charge on any atom is 0.277 e. The summed E-state index contributed by atoms with van der Waals surface area (Å²) in [6.45, 7) is 0. The highest BCUT2D eigenvalue weighted by molar-refractivity contribution is 7.92. The summed E-state index contributed by atoms with van der Waals surface area (Å²) >= 11 is 5.82. The predicted molar refractivity (Wildman–Crippen MR) is 65.8 cm³/mol. The first-order valence-corrected chi connectivity index (χ1v) is 6.75. The average molecular weight is 299 g/mol. The van der Waals surface area contributed by atoms with Gasteiger partial charge in [0.05, 0.1) is 23.7 Å². The van der Waals surface area contributed by atoms with E-state index in [9.17, 15) is 8.42 Å². The fourth-order valence-electron chi connectivity index (χ4n) is 1.28. The van der Waals surface area contributed by atoms with Crippen molar-refractivity contribution in [1.82, 2.24) is 20.2 Å². The van der Waals surface area contributed by atoms with E-state index in [2.05, 4.69) is 20.1 Å². The van der Waals surface area contributed by atoms with E-state index in [-0.39, 0.29) is 21.4 Å². The van der Waals surface area contributed by atoms with Crippen molar-refractivity contribution < 1.29 is 8.42 Å². The number of halogens is 1. The maximum atomic E-state index is 12.1. The molecule has 1 aromatic heterocycles. The van der Waals surface area contributed by atoms with Crippen LogP contribution in [0.25, 0.3) is 0 Å². The van der Waals surface area contributed by atoms with Crippen LogP contribution in [0, 0.1) is 11.3 Å². The summed E-state index contributed by atoms with van der Waals surface area (Å²) in [5, 5.41) is 19.4. The number of aromatic nitrogens is 4. The molecule has 0 aliphatic heterocycles. The number of anilines is 1. The smallest absolute Gasteiger partial charge is 0.244 e. The zero-order valence-corrected chi connectivity index (χ0v) is 11.1. The number of benzene rings is 1. The zero-order chi connectivity index (χ0) is 14.0. The molecule has 0 radical (unpaired) electrons. The molecule has 0 fully saturated rings. The summed E-state index contributed by atoms with van der Waals surface area (Å²) in [6, 6.07) is 5.75. The summed E-state index contributed by atoms with van der Waals surface area (Å²) in [4.78, 5) is 0.881. The van der Waals surface area contributed by atoms with E-state index in [0.717, 1.165) is 4.80 Å². The Morgan fingerprint density at radius 3 is 2.79 bits per heavy atom. The lowest BCUT2D eigenvalue weighted by Gasteiger charge is -2.06. The Labute approximate surface area is 113 Å². The van der Waals surface area contributed by atoms with Crippen molar-refractivity contribution in [3.63, 3.8) is 0 Å². The minimum absolute atomic E-state index is 0.00427. The van der Waals surface area contributed by atoms with E-state index in [4.69, 9.17) is 16.9 Å². The quantitative estimate of drug-likeness (QED) is 0.884. The van der Waals surface area contributed by atoms with Gasteiger partial charge in [-0.25, -0.2) is 13.1 Å². The van der Waals surface area contributed by atoms with Crippen molar-refractivity contribution in [2.75, 3.05) is 4.72 Å². The van der Waals surface area contributed by atoms with Crippen LogP contribution >= 0.6 is 11.6 Å². The zero-order valence-electron chi connectivity index (χ0n) is 9.57. The average Bonchev–Trinajstić information content (AvgIpc) is 2.74. The molecule has 8 nitrogen and oxygen atoms in total. The molecule has 0 bridgehead atoms. The third-order valence-electron chi connectivity index (χ3n) is 2.08. The highest BCUT2D eigenvalue weighted by Gasteiger charge is 2.20. The highest BCUT2D eigenvalue weighted by Crippen LogP contribution is 2.23. The lowest BCUT2D eigenvalue weighted by molar-refractivity contribution is 0.600. The third-order valence-corrected chi connectivity index (χ3v) is 3.89. The van der Waals surface area contributed by atoms with Crippen molar-refractivity contribution in [3.8, 4) is 6.07 Å². The first kappa shape index (κ1) is 13.3. The summed E-state index contributed by atoms with van der Waals surface area (Å²) < 4.78 is 26.3. The number of nitrogens with zero attached hydrogens (tertiary/aromatic N) is 5. The molecule has 1 aromatic carbocycles. The molecule has 0 aliphatic rings. The number of nitriles is 1. The summed E-state index contributed by atoms with van der Waals surface area (Å²) in [5.74, 6) is -0.180. The number of hydrogen-bond acceptors (Lipinski definition) is 6. The Balaban J connectivity index is 2.42. The third kappa shape index (κ3) is 2.81. The largest absolute Gasteiger partial charge is 0.277 e. The van der Waals surface area contributed by atoms with Gasteiger partial charge in [0.2, 0.25) is 0 Å². The molecular weight excluding hydrogens is 292 g/mol. The van der Waals surface area contributed by atoms with Gasteiger partial charge < -0.3 is 0 Å². The Bertz CT molecular complexity index is 763. The first-order chi connectivity index (χ1) is 8.92. The minimum atomic E-state index is -3.97. The van der Waals surface area contributed by atoms with Crippen LogP contribution in [0.1, 0.15) is 5.56 Å². The SMILES string of the molecule is Cn1nnc(NS(=O)(=O)c2cc(C#N)ccc2Cl)n1. The summed E-state index contributed by atoms with van der Waals surface area (Å²) in [6.07, 6.45) is 0. The monoisotopic (exact) mass is 298 g/mol. The van der Waals surface area contributed by atoms with Gasteiger partial charge in [-0.2, -0.15) is 10.1 Å². The lowest BCUT2D eigenvalue weighted by Crippen LogP contribution is -2.15. The Morgan fingerprint density at radius 1 is 1.47 bits per heavy atom. The molecule has 10 heteroatoms. The normalized spacial score (nSPS) is 11.0. The van der Waals surface area contributed by atoms with E-state index >= 15 is 0 Å². The first-order valence-electron chi connectivity index (χ1n) is 4.89. The molecule has 1 heterocycles. The maximum absolute atomic E-state index is 12.1. The van der Waals surface area contributed by atoms with Crippen molar-refractivity contribution in [3.05, 3.63) is 28.8 Å². The topological polar surface area (TPSA) is 114 Å². The summed E-state index contributed by atoms with van der Waals surface area (Å²) in [5.41, 5.74) is 0.178. The van der Waals surface area contributed by atoms with Crippen LogP contribution in [0.2, 0.25) is 5.02 Å². The molecule has 0 atom stereocenters. The second-order valence-electron chi connectivity index (χ2n) is 3.46. The Kier molecular flexibility index (Phi) is 3.37. The number of hydrogen-bond donors (Lipinski definition) is 1. The van der Waals surface area contributed by atoms with Gasteiger partial charge in [0.25, 0.3) is 16.0 Å². The molecule has 1 N–H and O–H groups in total. The van der Waals surface area contributed by atoms with Gasteiger partial charge in [-0.3, -0.25) is 0 Å². The Hall–Kier alpha value is -2.18. The van der Waals surface area contributed by atoms with E-state index in [1.807, 2.05) is 6.07 Å². The molecular formula is C9H7ClN6O2S. The highest BCUT2D eigenvalue weighted by atomic mass is 35.5. The number of aryl methyl sites for hydroxylation is 1. The number of tetrazole rings is 1. The number of sulfonamides is 1. The van der Waals surface area contributed by atoms with Crippen LogP contribution in [0.5, 0.6) is 0 Å². The molecule has 0 aliphatic carbocycles. The van der Waals surface area contributed by atoms with Crippen LogP contribution in [0.3, 0.4) is 0 Å². The molecule has 0 amide bonds. The fraction of sp³-hybridized carbons (Fsp3) is 0.111. The van der Waals surface area contributed by atoms with Crippen LogP contribution in [0.15, 0.2) is 23.1 Å². The lowest BCUT2D eigenvalue weighted by atomic mass is 10.2. The van der Waals surface area contributed by atoms with E-state index in [0.29, 0.717) is 0 Å². The fourth-order valence-corrected chi connectivity index (χ4v) is 2.74. The molecule has 2 rings (SSSR count). The molecule has 0 spiro atoms. The second kappa shape index (κ2) is 4.83. The van der Waals surface area contributed by atoms with Gasteiger partial charge in [0, 0.05) is 0 Å². The van der Waals surface area contributed by atoms with Crippen molar-refractivity contribution >= 4 is 27.6 Å². The van der Waals surface area contributed by atoms with Crippen LogP contribution in [-0.2, 0) is 17.1 Å². The van der Waals surface area contributed by atoms with E-state index in [1.54, 1.807) is 0 Å². The van der Waals surface area contributed by atoms with Gasteiger partial charge in [-0.15, -0.1) is 5.10 Å². The molecule has 19 heavy (non-hydrogen) atoms. The predicted octanol–water partition coefficient (Wildman–Crippen LogP) is 0.536. The summed E-state index contributed by atoms with van der Waals surface area (Å²) in [7, 11) is -2.48.